The molecule has 0 heterocycles. The van der Waals surface area contributed by atoms with Crippen LogP contribution in [0.1, 0.15) is 26.3 Å². The summed E-state index contributed by atoms with van der Waals surface area (Å²) in [6.07, 6.45) is 0.469. The second-order valence-electron chi connectivity index (χ2n) is 5.51. The van der Waals surface area contributed by atoms with E-state index in [1.165, 1.54) is 16.3 Å². The number of hydrogen-bond donors (Lipinski definition) is 1. The van der Waals surface area contributed by atoms with Crippen molar-refractivity contribution in [3.63, 3.8) is 0 Å². The van der Waals surface area contributed by atoms with Crippen molar-refractivity contribution in [2.45, 2.75) is 33.3 Å². The summed E-state index contributed by atoms with van der Waals surface area (Å²) in [6, 6.07) is 14.7. The second kappa shape index (κ2) is 5.53. The number of aliphatic hydroxyl groups is 1. The molecule has 0 radical (unpaired) electrons. The van der Waals surface area contributed by atoms with Gasteiger partial charge in [-0.15, -0.1) is 0 Å². The number of hydrogen-bond acceptors (Lipinski definition) is 1. The van der Waals surface area contributed by atoms with E-state index < -0.39 is 0 Å². The molecule has 1 N–H and O–H groups in total. The molecule has 0 saturated heterocycles. The van der Waals surface area contributed by atoms with Crippen LogP contribution in [-0.4, -0.2) is 11.2 Å². The molecule has 0 amide bonds. The van der Waals surface area contributed by atoms with Gasteiger partial charge in [-0.05, 0) is 34.6 Å². The fraction of sp³-hybridized carbons (Fsp3) is 0.412. The van der Waals surface area contributed by atoms with Crippen molar-refractivity contribution in [3.05, 3.63) is 48.0 Å². The van der Waals surface area contributed by atoms with Crippen molar-refractivity contribution >= 4 is 10.8 Å². The van der Waals surface area contributed by atoms with Gasteiger partial charge in [0.2, 0.25) is 0 Å². The van der Waals surface area contributed by atoms with Crippen LogP contribution in [0, 0.1) is 11.8 Å². The number of rotatable bonds is 4. The van der Waals surface area contributed by atoms with Crippen LogP contribution < -0.4 is 0 Å². The van der Waals surface area contributed by atoms with Crippen molar-refractivity contribution < 1.29 is 5.11 Å². The van der Waals surface area contributed by atoms with Crippen LogP contribution in [0.3, 0.4) is 0 Å². The van der Waals surface area contributed by atoms with Gasteiger partial charge in [0.05, 0.1) is 6.10 Å². The minimum Gasteiger partial charge on any atom is -0.392 e. The molecule has 2 atom stereocenters. The Morgan fingerprint density at radius 2 is 1.61 bits per heavy atom. The van der Waals surface area contributed by atoms with E-state index in [-0.39, 0.29) is 6.10 Å². The minimum absolute atomic E-state index is 0.268. The van der Waals surface area contributed by atoms with Crippen LogP contribution in [0.25, 0.3) is 10.8 Å². The van der Waals surface area contributed by atoms with Gasteiger partial charge in [-0.3, -0.25) is 0 Å². The fourth-order valence-corrected chi connectivity index (χ4v) is 2.33. The maximum Gasteiger partial charge on any atom is 0.0608 e. The topological polar surface area (TPSA) is 20.2 Å². The fourth-order valence-electron chi connectivity index (χ4n) is 2.33. The first kappa shape index (κ1) is 13.1. The van der Waals surface area contributed by atoms with E-state index in [9.17, 15) is 5.11 Å². The summed E-state index contributed by atoms with van der Waals surface area (Å²) in [4.78, 5) is 0. The molecule has 0 bridgehead atoms. The zero-order chi connectivity index (χ0) is 13.1. The molecule has 18 heavy (non-hydrogen) atoms. The van der Waals surface area contributed by atoms with Crippen LogP contribution in [-0.2, 0) is 6.42 Å². The molecule has 0 spiro atoms. The molecular weight excluding hydrogens is 220 g/mol. The maximum atomic E-state index is 10.3. The van der Waals surface area contributed by atoms with Crippen molar-refractivity contribution in [2.24, 2.45) is 11.8 Å². The lowest BCUT2D eigenvalue weighted by atomic mass is 9.87. The highest BCUT2D eigenvalue weighted by atomic mass is 16.3. The molecule has 2 unspecified atom stereocenters. The number of benzene rings is 2. The smallest absolute Gasteiger partial charge is 0.0608 e. The molecule has 2 aromatic carbocycles. The number of fused-ring (bicyclic) bond motifs is 1. The van der Waals surface area contributed by atoms with Crippen molar-refractivity contribution in [1.82, 2.24) is 0 Å². The van der Waals surface area contributed by atoms with E-state index in [4.69, 9.17) is 0 Å². The Labute approximate surface area is 109 Å². The monoisotopic (exact) mass is 242 g/mol. The predicted octanol–water partition coefficient (Wildman–Crippen LogP) is 4.04. The lowest BCUT2D eigenvalue weighted by Gasteiger charge is -2.22. The normalized spacial score (nSPS) is 14.9. The van der Waals surface area contributed by atoms with Gasteiger partial charge in [-0.2, -0.15) is 0 Å². The summed E-state index contributed by atoms with van der Waals surface area (Å²) in [6.45, 7) is 6.45. The third-order valence-corrected chi connectivity index (χ3v) is 3.97. The van der Waals surface area contributed by atoms with E-state index in [1.54, 1.807) is 0 Å². The summed E-state index contributed by atoms with van der Waals surface area (Å²) in [5, 5.41) is 12.8. The SMILES string of the molecule is CC(C)C(C)C(O)Cc1cccc2ccccc12. The summed E-state index contributed by atoms with van der Waals surface area (Å²) >= 11 is 0. The molecule has 1 heteroatoms. The zero-order valence-electron chi connectivity index (χ0n) is 11.4. The zero-order valence-corrected chi connectivity index (χ0v) is 11.4. The molecule has 2 rings (SSSR count). The Hall–Kier alpha value is -1.34. The molecule has 0 aromatic heterocycles. The maximum absolute atomic E-state index is 10.3. The van der Waals surface area contributed by atoms with Gasteiger partial charge in [0.1, 0.15) is 0 Å². The quantitative estimate of drug-likeness (QED) is 0.858. The molecule has 0 saturated carbocycles. The van der Waals surface area contributed by atoms with Gasteiger partial charge in [0, 0.05) is 0 Å². The first-order valence-electron chi connectivity index (χ1n) is 6.74. The highest BCUT2D eigenvalue weighted by Crippen LogP contribution is 2.23. The lowest BCUT2D eigenvalue weighted by molar-refractivity contribution is 0.0924. The summed E-state index contributed by atoms with van der Waals surface area (Å²) in [5.41, 5.74) is 1.24. The minimum atomic E-state index is -0.268. The van der Waals surface area contributed by atoms with Crippen molar-refractivity contribution in [1.29, 1.82) is 0 Å². The lowest BCUT2D eigenvalue weighted by Crippen LogP contribution is -2.24. The first-order chi connectivity index (χ1) is 8.59. The second-order valence-corrected chi connectivity index (χ2v) is 5.51. The standard InChI is InChI=1S/C17H22O/c1-12(2)13(3)17(18)11-15-9-6-8-14-7-4-5-10-16(14)15/h4-10,12-13,17-18H,11H2,1-3H3. The molecule has 0 aliphatic rings. The van der Waals surface area contributed by atoms with Crippen LogP contribution in [0.4, 0.5) is 0 Å². The van der Waals surface area contributed by atoms with E-state index >= 15 is 0 Å². The Morgan fingerprint density at radius 3 is 2.33 bits per heavy atom. The summed E-state index contributed by atoms with van der Waals surface area (Å²) < 4.78 is 0. The Balaban J connectivity index is 2.27. The molecule has 2 aromatic rings. The molecule has 96 valence electrons. The van der Waals surface area contributed by atoms with Crippen LogP contribution in [0.5, 0.6) is 0 Å². The first-order valence-corrected chi connectivity index (χ1v) is 6.74. The van der Waals surface area contributed by atoms with Crippen LogP contribution in [0.15, 0.2) is 42.5 Å². The molecule has 0 aliphatic heterocycles. The van der Waals surface area contributed by atoms with Crippen LogP contribution in [0.2, 0.25) is 0 Å². The Kier molecular flexibility index (Phi) is 4.03. The summed E-state index contributed by atoms with van der Waals surface area (Å²) in [5.74, 6) is 0.832. The Bertz CT molecular complexity index is 511. The number of aliphatic hydroxyl groups excluding tert-OH is 1. The van der Waals surface area contributed by atoms with Crippen molar-refractivity contribution in [2.75, 3.05) is 0 Å². The van der Waals surface area contributed by atoms with Gasteiger partial charge in [-0.25, -0.2) is 0 Å². The van der Waals surface area contributed by atoms with E-state index in [0.717, 1.165) is 6.42 Å². The van der Waals surface area contributed by atoms with Gasteiger partial charge in [0.15, 0.2) is 0 Å². The summed E-state index contributed by atoms with van der Waals surface area (Å²) in [7, 11) is 0. The van der Waals surface area contributed by atoms with Crippen LogP contribution >= 0.6 is 0 Å². The molecule has 0 aliphatic carbocycles. The van der Waals surface area contributed by atoms with Gasteiger partial charge >= 0.3 is 0 Å². The average Bonchev–Trinajstić information content (AvgIpc) is 2.38. The van der Waals surface area contributed by atoms with Gasteiger partial charge in [-0.1, -0.05) is 63.2 Å². The van der Waals surface area contributed by atoms with Crippen molar-refractivity contribution in [3.8, 4) is 0 Å². The van der Waals surface area contributed by atoms with E-state index in [0.29, 0.717) is 11.8 Å². The average molecular weight is 242 g/mol. The van der Waals surface area contributed by atoms with Gasteiger partial charge in [0.25, 0.3) is 0 Å². The highest BCUT2D eigenvalue weighted by molar-refractivity contribution is 5.85. The largest absolute Gasteiger partial charge is 0.392 e. The Morgan fingerprint density at radius 1 is 0.944 bits per heavy atom. The third kappa shape index (κ3) is 2.73. The molecule has 1 nitrogen and oxygen atoms in total. The van der Waals surface area contributed by atoms with E-state index in [1.807, 2.05) is 0 Å². The molecular formula is C17H22O. The van der Waals surface area contributed by atoms with Gasteiger partial charge < -0.3 is 5.11 Å². The predicted molar refractivity (Wildman–Crippen MR) is 77.7 cm³/mol. The highest BCUT2D eigenvalue weighted by Gasteiger charge is 2.18. The third-order valence-electron chi connectivity index (χ3n) is 3.97. The van der Waals surface area contributed by atoms with E-state index in [2.05, 4.69) is 63.2 Å². The molecule has 0 fully saturated rings.